The number of phenols is 1. The lowest BCUT2D eigenvalue weighted by Crippen LogP contribution is -2.35. The van der Waals surface area contributed by atoms with Crippen LogP contribution in [0.4, 0.5) is 0 Å². The Hall–Kier alpha value is -2.56. The van der Waals surface area contributed by atoms with Crippen LogP contribution < -0.4 is 5.32 Å². The summed E-state index contributed by atoms with van der Waals surface area (Å²) >= 11 is 0. The lowest BCUT2D eigenvalue weighted by Gasteiger charge is -2.13. The van der Waals surface area contributed by atoms with Gasteiger partial charge in [0.15, 0.2) is 6.61 Å². The van der Waals surface area contributed by atoms with Gasteiger partial charge in [-0.2, -0.15) is 0 Å². The van der Waals surface area contributed by atoms with E-state index >= 15 is 0 Å². The van der Waals surface area contributed by atoms with Crippen LogP contribution in [0.25, 0.3) is 10.8 Å². The van der Waals surface area contributed by atoms with Gasteiger partial charge in [-0.25, -0.2) is 4.79 Å². The summed E-state index contributed by atoms with van der Waals surface area (Å²) in [5.74, 6) is -1.20. The summed E-state index contributed by atoms with van der Waals surface area (Å²) in [5, 5.41) is 14.4. The standard InChI is InChI=1S/C18H21NO4/c1-3-6-12(2)19-16(20)11-23-18(22)15-10-9-13-7-4-5-8-14(13)17(15)21/h4-5,7-10,12,21H,3,6,11H2,1-2H3,(H,19,20)/t12-/m0/s1. The van der Waals surface area contributed by atoms with E-state index in [9.17, 15) is 14.7 Å². The number of carbonyl (C=O) groups is 2. The highest BCUT2D eigenvalue weighted by Crippen LogP contribution is 2.28. The molecule has 0 spiro atoms. The fourth-order valence-electron chi connectivity index (χ4n) is 2.45. The first-order chi connectivity index (χ1) is 11.0. The quantitative estimate of drug-likeness (QED) is 0.804. The highest BCUT2D eigenvalue weighted by Gasteiger charge is 2.17. The average Bonchev–Trinajstić information content (AvgIpc) is 2.53. The Morgan fingerprint density at radius 2 is 1.96 bits per heavy atom. The highest BCUT2D eigenvalue weighted by molar-refractivity contribution is 6.01. The molecule has 0 fully saturated rings. The van der Waals surface area contributed by atoms with Gasteiger partial charge in [0.2, 0.25) is 0 Å². The zero-order valence-electron chi connectivity index (χ0n) is 13.3. The molecular weight excluding hydrogens is 294 g/mol. The third-order valence-corrected chi connectivity index (χ3v) is 3.58. The van der Waals surface area contributed by atoms with Crippen molar-refractivity contribution in [1.82, 2.24) is 5.32 Å². The van der Waals surface area contributed by atoms with Crippen LogP contribution in [0.2, 0.25) is 0 Å². The molecule has 0 aliphatic carbocycles. The van der Waals surface area contributed by atoms with Crippen molar-refractivity contribution in [3.63, 3.8) is 0 Å². The molecule has 0 heterocycles. The molecule has 0 aromatic heterocycles. The summed E-state index contributed by atoms with van der Waals surface area (Å²) in [6, 6.07) is 10.5. The monoisotopic (exact) mass is 315 g/mol. The number of carbonyl (C=O) groups excluding carboxylic acids is 2. The lowest BCUT2D eigenvalue weighted by molar-refractivity contribution is -0.124. The zero-order valence-corrected chi connectivity index (χ0v) is 13.3. The number of esters is 1. The molecule has 5 heteroatoms. The maximum absolute atomic E-state index is 12.1. The van der Waals surface area contributed by atoms with Gasteiger partial charge in [-0.05, 0) is 24.8 Å². The van der Waals surface area contributed by atoms with E-state index in [-0.39, 0.29) is 29.9 Å². The number of hydrogen-bond acceptors (Lipinski definition) is 4. The van der Waals surface area contributed by atoms with E-state index in [1.165, 1.54) is 6.07 Å². The molecule has 23 heavy (non-hydrogen) atoms. The van der Waals surface area contributed by atoms with E-state index in [2.05, 4.69) is 5.32 Å². The summed E-state index contributed by atoms with van der Waals surface area (Å²) < 4.78 is 4.99. The Morgan fingerprint density at radius 3 is 2.70 bits per heavy atom. The van der Waals surface area contributed by atoms with Gasteiger partial charge in [-0.3, -0.25) is 4.79 Å². The number of rotatable bonds is 6. The molecular formula is C18H21NO4. The van der Waals surface area contributed by atoms with Gasteiger partial charge >= 0.3 is 5.97 Å². The predicted molar refractivity (Wildman–Crippen MR) is 88.4 cm³/mol. The Kier molecular flexibility index (Phi) is 5.57. The Bertz CT molecular complexity index is 711. The number of nitrogens with one attached hydrogen (secondary N) is 1. The van der Waals surface area contributed by atoms with Gasteiger partial charge in [0.1, 0.15) is 11.3 Å². The first kappa shape index (κ1) is 16.8. The van der Waals surface area contributed by atoms with Crippen molar-refractivity contribution in [2.75, 3.05) is 6.61 Å². The number of phenolic OH excluding ortho intramolecular Hbond substituents is 1. The zero-order chi connectivity index (χ0) is 16.8. The number of hydrogen-bond donors (Lipinski definition) is 2. The molecule has 0 saturated heterocycles. The second-order valence-corrected chi connectivity index (χ2v) is 5.52. The Balaban J connectivity index is 2.01. The predicted octanol–water partition coefficient (Wildman–Crippen LogP) is 3.01. The molecule has 122 valence electrons. The SMILES string of the molecule is CCC[C@H](C)NC(=O)COC(=O)c1ccc2ccccc2c1O. The Morgan fingerprint density at radius 1 is 1.22 bits per heavy atom. The van der Waals surface area contributed by atoms with Crippen LogP contribution in [0, 0.1) is 0 Å². The van der Waals surface area contributed by atoms with E-state index in [0.29, 0.717) is 5.39 Å². The van der Waals surface area contributed by atoms with Crippen molar-refractivity contribution < 1.29 is 19.4 Å². The molecule has 2 aromatic carbocycles. The fraction of sp³-hybridized carbons (Fsp3) is 0.333. The minimum Gasteiger partial charge on any atom is -0.506 e. The molecule has 0 radical (unpaired) electrons. The minimum absolute atomic E-state index is 0.0419. The van der Waals surface area contributed by atoms with E-state index in [4.69, 9.17) is 4.74 Å². The van der Waals surface area contributed by atoms with Crippen LogP contribution in [0.3, 0.4) is 0 Å². The van der Waals surface area contributed by atoms with Crippen LogP contribution in [-0.4, -0.2) is 29.6 Å². The van der Waals surface area contributed by atoms with Crippen LogP contribution in [0.5, 0.6) is 5.75 Å². The maximum Gasteiger partial charge on any atom is 0.342 e. The molecule has 1 atom stereocenters. The summed E-state index contributed by atoms with van der Waals surface area (Å²) in [4.78, 5) is 23.8. The number of amides is 1. The highest BCUT2D eigenvalue weighted by atomic mass is 16.5. The van der Waals surface area contributed by atoms with Gasteiger partial charge in [0, 0.05) is 11.4 Å². The largest absolute Gasteiger partial charge is 0.506 e. The molecule has 0 aliphatic rings. The minimum atomic E-state index is -0.716. The van der Waals surface area contributed by atoms with Crippen LogP contribution in [0.1, 0.15) is 37.0 Å². The second-order valence-electron chi connectivity index (χ2n) is 5.52. The van der Waals surface area contributed by atoms with Gasteiger partial charge in [-0.15, -0.1) is 0 Å². The normalized spacial score (nSPS) is 11.9. The second kappa shape index (κ2) is 7.63. The van der Waals surface area contributed by atoms with Crippen LogP contribution in [0.15, 0.2) is 36.4 Å². The maximum atomic E-state index is 12.1. The van der Waals surface area contributed by atoms with E-state index in [1.807, 2.05) is 26.0 Å². The molecule has 2 aromatic rings. The molecule has 0 aliphatic heterocycles. The first-order valence-electron chi connectivity index (χ1n) is 7.70. The topological polar surface area (TPSA) is 75.6 Å². The third-order valence-electron chi connectivity index (χ3n) is 3.58. The number of aromatic hydroxyl groups is 1. The number of ether oxygens (including phenoxy) is 1. The van der Waals surface area contributed by atoms with Crippen molar-refractivity contribution in [3.05, 3.63) is 42.0 Å². The fourth-order valence-corrected chi connectivity index (χ4v) is 2.45. The van der Waals surface area contributed by atoms with Gasteiger partial charge < -0.3 is 15.2 Å². The molecule has 0 unspecified atom stereocenters. The van der Waals surface area contributed by atoms with Crippen molar-refractivity contribution in [2.45, 2.75) is 32.7 Å². The smallest absolute Gasteiger partial charge is 0.342 e. The molecule has 5 nitrogen and oxygen atoms in total. The molecule has 1 amide bonds. The van der Waals surface area contributed by atoms with Gasteiger partial charge in [0.25, 0.3) is 5.91 Å². The molecule has 2 N–H and O–H groups in total. The molecule has 0 saturated carbocycles. The summed E-state index contributed by atoms with van der Waals surface area (Å²) in [7, 11) is 0. The van der Waals surface area contributed by atoms with Crippen molar-refractivity contribution in [2.24, 2.45) is 0 Å². The van der Waals surface area contributed by atoms with Crippen LogP contribution >= 0.6 is 0 Å². The van der Waals surface area contributed by atoms with Gasteiger partial charge in [-0.1, -0.05) is 43.7 Å². The Labute approximate surface area is 135 Å². The average molecular weight is 315 g/mol. The van der Waals surface area contributed by atoms with Crippen molar-refractivity contribution >= 4 is 22.6 Å². The number of fused-ring (bicyclic) bond motifs is 1. The summed E-state index contributed by atoms with van der Waals surface area (Å²) in [6.45, 7) is 3.57. The van der Waals surface area contributed by atoms with Crippen molar-refractivity contribution in [3.8, 4) is 5.75 Å². The number of benzene rings is 2. The first-order valence-corrected chi connectivity index (χ1v) is 7.70. The van der Waals surface area contributed by atoms with E-state index < -0.39 is 5.97 Å². The van der Waals surface area contributed by atoms with Gasteiger partial charge in [0.05, 0.1) is 0 Å². The summed E-state index contributed by atoms with van der Waals surface area (Å²) in [6.07, 6.45) is 1.83. The molecule has 2 rings (SSSR count). The lowest BCUT2D eigenvalue weighted by atomic mass is 10.1. The summed E-state index contributed by atoms with van der Waals surface area (Å²) in [5.41, 5.74) is 0.0538. The third kappa shape index (κ3) is 4.22. The van der Waals surface area contributed by atoms with E-state index in [0.717, 1.165) is 18.2 Å². The molecule has 0 bridgehead atoms. The van der Waals surface area contributed by atoms with E-state index in [1.54, 1.807) is 18.2 Å². The van der Waals surface area contributed by atoms with Crippen LogP contribution in [-0.2, 0) is 9.53 Å². The van der Waals surface area contributed by atoms with Crippen molar-refractivity contribution in [1.29, 1.82) is 0 Å².